The van der Waals surface area contributed by atoms with Crippen molar-refractivity contribution in [3.63, 3.8) is 0 Å². The van der Waals surface area contributed by atoms with E-state index in [2.05, 4.69) is 5.32 Å². The van der Waals surface area contributed by atoms with Crippen LogP contribution in [0.15, 0.2) is 48.5 Å². The molecule has 3 rings (SSSR count). The minimum absolute atomic E-state index is 0.0223. The molecular formula is C22H22ClNO5. The molecule has 0 saturated heterocycles. The van der Waals surface area contributed by atoms with Gasteiger partial charge in [0.15, 0.2) is 0 Å². The van der Waals surface area contributed by atoms with Crippen LogP contribution in [0.4, 0.5) is 5.69 Å². The van der Waals surface area contributed by atoms with Crippen molar-refractivity contribution in [3.05, 3.63) is 64.7 Å². The fourth-order valence-electron chi connectivity index (χ4n) is 3.59. The molecule has 1 aliphatic carbocycles. The minimum Gasteiger partial charge on any atom is -0.478 e. The number of benzene rings is 2. The normalized spacial score (nSPS) is 15.3. The molecule has 0 aliphatic heterocycles. The molecule has 1 atom stereocenters. The molecule has 0 aromatic heterocycles. The van der Waals surface area contributed by atoms with Gasteiger partial charge in [0, 0.05) is 16.6 Å². The Morgan fingerprint density at radius 1 is 1.00 bits per heavy atom. The Morgan fingerprint density at radius 2 is 1.69 bits per heavy atom. The third-order valence-electron chi connectivity index (χ3n) is 5.03. The molecule has 1 saturated carbocycles. The molecule has 2 aromatic carbocycles. The summed E-state index contributed by atoms with van der Waals surface area (Å²) in [6.07, 6.45) is 3.10. The van der Waals surface area contributed by atoms with E-state index < -0.39 is 23.9 Å². The Labute approximate surface area is 173 Å². The molecule has 7 heteroatoms. The summed E-state index contributed by atoms with van der Waals surface area (Å²) >= 11 is 5.94. The number of aliphatic carboxylic acids is 1. The Hall–Kier alpha value is -2.86. The number of hydrogen-bond acceptors (Lipinski definition) is 4. The standard InChI is InChI=1S/C22H22ClNO5/c23-15-9-6-10-16(13-15)24-20(25)17-11-4-5-12-18(17)22(28)29-19(21(26)27)14-7-2-1-3-8-14/h4-6,9-14,19H,1-3,7-8H2,(H,24,25)(H,26,27)/t19-/m0/s1. The first-order valence-corrected chi connectivity index (χ1v) is 9.93. The summed E-state index contributed by atoms with van der Waals surface area (Å²) in [5.74, 6) is -2.70. The zero-order valence-electron chi connectivity index (χ0n) is 15.8. The van der Waals surface area contributed by atoms with Gasteiger partial charge in [-0.05, 0) is 43.2 Å². The van der Waals surface area contributed by atoms with E-state index in [0.29, 0.717) is 23.6 Å². The largest absolute Gasteiger partial charge is 0.478 e. The van der Waals surface area contributed by atoms with Crippen molar-refractivity contribution >= 4 is 35.1 Å². The smallest absolute Gasteiger partial charge is 0.345 e. The molecule has 6 nitrogen and oxygen atoms in total. The summed E-state index contributed by atoms with van der Waals surface area (Å²) in [5, 5.41) is 12.7. The molecule has 0 heterocycles. The zero-order chi connectivity index (χ0) is 20.8. The number of rotatable bonds is 6. The Balaban J connectivity index is 1.78. The van der Waals surface area contributed by atoms with Gasteiger partial charge in [0.2, 0.25) is 6.10 Å². The minimum atomic E-state index is -1.22. The van der Waals surface area contributed by atoms with Crippen molar-refractivity contribution in [3.8, 4) is 0 Å². The lowest BCUT2D eigenvalue weighted by molar-refractivity contribution is -0.151. The van der Waals surface area contributed by atoms with Gasteiger partial charge in [0.05, 0.1) is 11.1 Å². The number of hydrogen-bond donors (Lipinski definition) is 2. The van der Waals surface area contributed by atoms with Gasteiger partial charge in [-0.1, -0.05) is 49.1 Å². The number of carboxylic acids is 1. The van der Waals surface area contributed by atoms with Crippen LogP contribution in [-0.2, 0) is 9.53 Å². The number of nitrogens with one attached hydrogen (secondary N) is 1. The van der Waals surface area contributed by atoms with Gasteiger partial charge < -0.3 is 15.2 Å². The van der Waals surface area contributed by atoms with Crippen LogP contribution < -0.4 is 5.32 Å². The van der Waals surface area contributed by atoms with Gasteiger partial charge in [0.25, 0.3) is 5.91 Å². The summed E-state index contributed by atoms with van der Waals surface area (Å²) in [5.41, 5.74) is 0.607. The van der Waals surface area contributed by atoms with Crippen LogP contribution in [-0.4, -0.2) is 29.1 Å². The number of carbonyl (C=O) groups is 3. The van der Waals surface area contributed by atoms with Gasteiger partial charge in [-0.2, -0.15) is 0 Å². The van der Waals surface area contributed by atoms with Crippen molar-refractivity contribution in [2.75, 3.05) is 5.32 Å². The van der Waals surface area contributed by atoms with E-state index in [4.69, 9.17) is 16.3 Å². The van der Waals surface area contributed by atoms with Crippen molar-refractivity contribution < 1.29 is 24.2 Å². The van der Waals surface area contributed by atoms with Crippen molar-refractivity contribution in [2.24, 2.45) is 5.92 Å². The number of amides is 1. The highest BCUT2D eigenvalue weighted by atomic mass is 35.5. The lowest BCUT2D eigenvalue weighted by atomic mass is 9.85. The maximum absolute atomic E-state index is 12.7. The lowest BCUT2D eigenvalue weighted by Crippen LogP contribution is -2.36. The second-order valence-corrected chi connectivity index (χ2v) is 7.51. The molecule has 1 aliphatic rings. The first-order chi connectivity index (χ1) is 14.0. The summed E-state index contributed by atoms with van der Waals surface area (Å²) in [4.78, 5) is 37.1. The van der Waals surface area contributed by atoms with E-state index in [9.17, 15) is 19.5 Å². The fraction of sp³-hybridized carbons (Fsp3) is 0.318. The third-order valence-corrected chi connectivity index (χ3v) is 5.26. The predicted octanol–water partition coefficient (Wildman–Crippen LogP) is 4.78. The van der Waals surface area contributed by atoms with Crippen LogP contribution in [0.1, 0.15) is 52.8 Å². The second kappa shape index (κ2) is 9.56. The molecule has 29 heavy (non-hydrogen) atoms. The second-order valence-electron chi connectivity index (χ2n) is 7.07. The average Bonchev–Trinajstić information content (AvgIpc) is 2.72. The maximum Gasteiger partial charge on any atom is 0.345 e. The molecule has 2 N–H and O–H groups in total. The van der Waals surface area contributed by atoms with E-state index in [1.807, 2.05) is 0 Å². The van der Waals surface area contributed by atoms with E-state index in [1.165, 1.54) is 12.1 Å². The molecule has 0 unspecified atom stereocenters. The van der Waals surface area contributed by atoms with Crippen LogP contribution >= 0.6 is 11.6 Å². The highest BCUT2D eigenvalue weighted by Gasteiger charge is 2.33. The fourth-order valence-corrected chi connectivity index (χ4v) is 3.78. The third kappa shape index (κ3) is 5.35. The number of esters is 1. The molecular weight excluding hydrogens is 394 g/mol. The topological polar surface area (TPSA) is 92.7 Å². The highest BCUT2D eigenvalue weighted by Crippen LogP contribution is 2.29. The van der Waals surface area contributed by atoms with Crippen LogP contribution in [0, 0.1) is 5.92 Å². The highest BCUT2D eigenvalue weighted by molar-refractivity contribution is 6.31. The lowest BCUT2D eigenvalue weighted by Gasteiger charge is -2.27. The van der Waals surface area contributed by atoms with Crippen LogP contribution in [0.5, 0.6) is 0 Å². The van der Waals surface area contributed by atoms with Crippen LogP contribution in [0.25, 0.3) is 0 Å². The molecule has 1 fully saturated rings. The van der Waals surface area contributed by atoms with Crippen molar-refractivity contribution in [1.82, 2.24) is 0 Å². The molecule has 0 spiro atoms. The summed E-state index contributed by atoms with van der Waals surface area (Å²) in [6.45, 7) is 0. The summed E-state index contributed by atoms with van der Waals surface area (Å²) < 4.78 is 5.36. The first kappa shape index (κ1) is 20.9. The number of carbonyl (C=O) groups excluding carboxylic acids is 2. The number of halogens is 1. The van der Waals surface area contributed by atoms with E-state index in [-0.39, 0.29) is 17.0 Å². The molecule has 2 aromatic rings. The van der Waals surface area contributed by atoms with Gasteiger partial charge >= 0.3 is 11.9 Å². The molecule has 0 bridgehead atoms. The Bertz CT molecular complexity index is 908. The quantitative estimate of drug-likeness (QED) is 0.662. The Morgan fingerprint density at radius 3 is 2.34 bits per heavy atom. The SMILES string of the molecule is O=C(Nc1cccc(Cl)c1)c1ccccc1C(=O)O[C@H](C(=O)O)C1CCCCC1. The van der Waals surface area contributed by atoms with Gasteiger partial charge in [-0.15, -0.1) is 0 Å². The summed E-state index contributed by atoms with van der Waals surface area (Å²) in [6, 6.07) is 12.8. The van der Waals surface area contributed by atoms with Crippen LogP contribution in [0.3, 0.4) is 0 Å². The zero-order valence-corrected chi connectivity index (χ0v) is 16.5. The first-order valence-electron chi connectivity index (χ1n) is 9.55. The van der Waals surface area contributed by atoms with Gasteiger partial charge in [-0.25, -0.2) is 9.59 Å². The predicted molar refractivity (Wildman–Crippen MR) is 109 cm³/mol. The maximum atomic E-state index is 12.7. The number of anilines is 1. The van der Waals surface area contributed by atoms with E-state index in [1.54, 1.807) is 36.4 Å². The van der Waals surface area contributed by atoms with Crippen molar-refractivity contribution in [1.29, 1.82) is 0 Å². The molecule has 0 radical (unpaired) electrons. The van der Waals surface area contributed by atoms with E-state index >= 15 is 0 Å². The average molecular weight is 416 g/mol. The number of carboxylic acid groups (broad SMARTS) is 1. The van der Waals surface area contributed by atoms with Crippen LogP contribution in [0.2, 0.25) is 5.02 Å². The van der Waals surface area contributed by atoms with Gasteiger partial charge in [0.1, 0.15) is 0 Å². The van der Waals surface area contributed by atoms with E-state index in [0.717, 1.165) is 19.3 Å². The van der Waals surface area contributed by atoms with Crippen molar-refractivity contribution in [2.45, 2.75) is 38.2 Å². The summed E-state index contributed by atoms with van der Waals surface area (Å²) in [7, 11) is 0. The monoisotopic (exact) mass is 415 g/mol. The molecule has 1 amide bonds. The molecule has 152 valence electrons. The number of ether oxygens (including phenoxy) is 1. The Kier molecular flexibility index (Phi) is 6.88. The van der Waals surface area contributed by atoms with Gasteiger partial charge in [-0.3, -0.25) is 4.79 Å².